The van der Waals surface area contributed by atoms with Gasteiger partial charge in [0.1, 0.15) is 6.61 Å². The second kappa shape index (κ2) is 33.4. The molecule has 0 spiro atoms. The van der Waals surface area contributed by atoms with Gasteiger partial charge in [0.25, 0.3) is 0 Å². The minimum atomic E-state index is -0.603. The van der Waals surface area contributed by atoms with Crippen molar-refractivity contribution in [1.82, 2.24) is 34.9 Å². The Kier molecular flexibility index (Phi) is 23.6. The van der Waals surface area contributed by atoms with Crippen molar-refractivity contribution in [1.29, 1.82) is 0 Å². The van der Waals surface area contributed by atoms with Gasteiger partial charge in [0.2, 0.25) is 17.8 Å². The van der Waals surface area contributed by atoms with Crippen LogP contribution in [0, 0.1) is 12.8 Å². The molecule has 0 saturated carbocycles. The van der Waals surface area contributed by atoms with Crippen LogP contribution in [0.25, 0.3) is 33.8 Å². The van der Waals surface area contributed by atoms with Gasteiger partial charge in [-0.15, -0.1) is 0 Å². The molecule has 3 N–H and O–H groups in total. The van der Waals surface area contributed by atoms with Crippen LogP contribution in [0.2, 0.25) is 30.1 Å². The number of hydrogen-bond acceptors (Lipinski definition) is 14. The zero-order chi connectivity index (χ0) is 71.4. The van der Waals surface area contributed by atoms with Crippen LogP contribution < -0.4 is 20.9 Å². The monoisotopic (exact) mass is 1480 g/mol. The maximum Gasteiger partial charge on any atom is 0.414 e. The molecule has 4 aromatic heterocycles. The summed E-state index contributed by atoms with van der Waals surface area (Å²) in [6.07, 6.45) is 7.94. The summed E-state index contributed by atoms with van der Waals surface area (Å²) >= 11 is 37.2. The van der Waals surface area contributed by atoms with Crippen LogP contribution in [0.1, 0.15) is 99.9 Å². The molecule has 11 aromatic rings. The first-order chi connectivity index (χ1) is 49.4. The van der Waals surface area contributed by atoms with Crippen molar-refractivity contribution in [2.75, 3.05) is 53.8 Å². The molecule has 3 atom stereocenters. The molecule has 7 aromatic carbocycles. The maximum atomic E-state index is 12.5. The maximum absolute atomic E-state index is 12.5. The summed E-state index contributed by atoms with van der Waals surface area (Å²) in [4.78, 5) is 70.2. The van der Waals surface area contributed by atoms with Gasteiger partial charge in [-0.25, -0.2) is 44.3 Å². The molecule has 0 fully saturated rings. The van der Waals surface area contributed by atoms with Gasteiger partial charge in [-0.2, -0.15) is 0 Å². The molecule has 0 aliphatic heterocycles. The van der Waals surface area contributed by atoms with E-state index in [0.29, 0.717) is 62.5 Å². The number of pyridine rings is 1. The first kappa shape index (κ1) is 72.1. The first-order valence-corrected chi connectivity index (χ1v) is 35.4. The minimum Gasteiger partial charge on any atom is -0.449 e. The summed E-state index contributed by atoms with van der Waals surface area (Å²) in [7, 11) is 0. The standard InChI is InChI=1S/C30H28Cl2N4O2.C26H20Cl2N4O2.C23H21Cl2N3O2/c1-3-36(22-8-6-7-19(2)15-22)13-14-38-30(37)35-29-33-18-21-16-25(20-11-12-26(31)27(32)17-20)23-9-4-5-10-24(23)28(21)34-29;27-22-9-8-16(14-23(22)28)21-13-17-15-30-25(31-24(17)20-7-2-1-6-19(20)21)32-26(33)34-12-10-18-5-3-4-11-29-18;1-13(2)12-30-23(29)28-22-26-11-15-9-18(14-7-8-19(24)20(25)10-14)16-5-3-4-6-17(16)21(15)27-22/h4-12,15,17-18,25H,3,13-14,16H2,1-2H3,(H,33,34,35,37);1-9,11,14-15,21H,10,12-13H2,(H,30,31,32,33);3-8,10-11,13,18H,9,12H2,1-2H3,(H,26,27,28,29). The molecule has 0 bridgehead atoms. The average Bonchev–Trinajstić information content (AvgIpc) is 0.772. The molecule has 0 saturated heterocycles. The van der Waals surface area contributed by atoms with E-state index in [2.05, 4.69) is 101 Å². The van der Waals surface area contributed by atoms with Gasteiger partial charge in [0.15, 0.2) is 0 Å². The third kappa shape index (κ3) is 17.6. The fourth-order valence-corrected chi connectivity index (χ4v) is 13.5. The number of halogens is 6. The van der Waals surface area contributed by atoms with Crippen LogP contribution >= 0.6 is 69.6 Å². The van der Waals surface area contributed by atoms with Crippen molar-refractivity contribution >= 4 is 111 Å². The third-order valence-electron chi connectivity index (χ3n) is 17.5. The summed E-state index contributed by atoms with van der Waals surface area (Å²) in [6, 6.07) is 55.5. The summed E-state index contributed by atoms with van der Waals surface area (Å²) in [5.41, 5.74) is 18.2. The molecule has 3 amide bonds. The average molecular weight is 1480 g/mol. The lowest BCUT2D eigenvalue weighted by Gasteiger charge is -2.27. The number of rotatable bonds is 16. The van der Waals surface area contributed by atoms with Crippen molar-refractivity contribution in [2.45, 2.75) is 71.1 Å². The number of carbonyl (C=O) groups is 3. The van der Waals surface area contributed by atoms with E-state index in [1.165, 1.54) is 5.56 Å². The van der Waals surface area contributed by atoms with E-state index in [1.54, 1.807) is 24.8 Å². The highest BCUT2D eigenvalue weighted by atomic mass is 35.5. The summed E-state index contributed by atoms with van der Waals surface area (Å²) in [5, 5.41) is 11.1. The van der Waals surface area contributed by atoms with Crippen molar-refractivity contribution in [3.05, 3.63) is 286 Å². The van der Waals surface area contributed by atoms with E-state index in [9.17, 15) is 14.4 Å². The lowest BCUT2D eigenvalue weighted by molar-refractivity contribution is 0.147. The molecule has 17 nitrogen and oxygen atoms in total. The van der Waals surface area contributed by atoms with Crippen LogP contribution in [0.15, 0.2) is 195 Å². The Morgan fingerprint density at radius 3 is 1.27 bits per heavy atom. The van der Waals surface area contributed by atoms with Crippen molar-refractivity contribution < 1.29 is 28.6 Å². The number of benzene rings is 7. The largest absolute Gasteiger partial charge is 0.449 e. The van der Waals surface area contributed by atoms with E-state index in [4.69, 9.17) is 88.8 Å². The van der Waals surface area contributed by atoms with Gasteiger partial charge in [0.05, 0.1) is 67.0 Å². The molecule has 3 aliphatic carbocycles. The number of aryl methyl sites for hydroxylation is 1. The number of anilines is 4. The Morgan fingerprint density at radius 1 is 0.471 bits per heavy atom. The molecule has 3 unspecified atom stereocenters. The molecule has 23 heteroatoms. The Hall–Kier alpha value is -9.72. The highest BCUT2D eigenvalue weighted by molar-refractivity contribution is 6.43. The number of likely N-dealkylation sites (N-methyl/N-ethyl adjacent to an activating group) is 1. The highest BCUT2D eigenvalue weighted by Crippen LogP contribution is 2.46. The Morgan fingerprint density at radius 2 is 0.882 bits per heavy atom. The molecule has 14 rings (SSSR count). The van der Waals surface area contributed by atoms with Gasteiger partial charge >= 0.3 is 18.3 Å². The van der Waals surface area contributed by atoms with Crippen LogP contribution in [-0.4, -0.2) is 86.1 Å². The van der Waals surface area contributed by atoms with Crippen molar-refractivity contribution in [3.63, 3.8) is 0 Å². The lowest BCUT2D eigenvalue weighted by atomic mass is 9.78. The van der Waals surface area contributed by atoms with Gasteiger partial charge in [-0.05, 0) is 155 Å². The smallest absolute Gasteiger partial charge is 0.414 e. The fourth-order valence-electron chi connectivity index (χ4n) is 12.6. The second-order valence-corrected chi connectivity index (χ2v) is 27.3. The Labute approximate surface area is 621 Å². The number of aromatic nitrogens is 7. The van der Waals surface area contributed by atoms with Gasteiger partial charge in [-0.3, -0.25) is 20.9 Å². The van der Waals surface area contributed by atoms with Gasteiger partial charge < -0.3 is 19.1 Å². The van der Waals surface area contributed by atoms with Crippen molar-refractivity contribution in [2.24, 2.45) is 5.92 Å². The number of fused-ring (bicyclic) bond motifs is 9. The quantitative estimate of drug-likeness (QED) is 0.0769. The van der Waals surface area contributed by atoms with Gasteiger partial charge in [-0.1, -0.05) is 193 Å². The number of carbonyl (C=O) groups excluding carboxylic acids is 3. The van der Waals surface area contributed by atoms with Crippen LogP contribution in [-0.2, 0) is 39.9 Å². The molecular weight excluding hydrogens is 1410 g/mol. The Bertz CT molecular complexity index is 4880. The topological polar surface area (TPSA) is 208 Å². The number of hydrogen-bond donors (Lipinski definition) is 3. The number of nitrogens with one attached hydrogen (secondary N) is 3. The zero-order valence-electron chi connectivity index (χ0n) is 55.9. The lowest BCUT2D eigenvalue weighted by Crippen LogP contribution is -2.29. The summed E-state index contributed by atoms with van der Waals surface area (Å²) < 4.78 is 15.9. The van der Waals surface area contributed by atoms with E-state index >= 15 is 0 Å². The van der Waals surface area contributed by atoms with E-state index in [1.807, 2.05) is 147 Å². The Balaban J connectivity index is 0.000000145. The molecule has 518 valence electrons. The van der Waals surface area contributed by atoms with Gasteiger partial charge in [0, 0.05) is 83.6 Å². The SMILES string of the molecule is CC(C)COC(=O)Nc1ncc2c(n1)-c1ccccc1C(c1ccc(Cl)c(Cl)c1)C2.CCN(CCOC(=O)Nc1ncc2c(n1)-c1ccccc1C(c1ccc(Cl)c(Cl)c1)C2)c1cccc(C)c1.O=C(Nc1ncc2c(n1)-c1ccccc1C(c1ccc(Cl)c(Cl)c1)C2)OCCc1ccccn1. The first-order valence-electron chi connectivity index (χ1n) is 33.2. The van der Waals surface area contributed by atoms with Crippen LogP contribution in [0.3, 0.4) is 0 Å². The van der Waals surface area contributed by atoms with E-state index in [-0.39, 0.29) is 54.7 Å². The molecule has 0 radical (unpaired) electrons. The fraction of sp³-hybridized carbons (Fsp3) is 0.215. The third-order valence-corrected chi connectivity index (χ3v) is 19.7. The molecule has 4 heterocycles. The predicted molar refractivity (Wildman–Crippen MR) is 405 cm³/mol. The van der Waals surface area contributed by atoms with E-state index in [0.717, 1.165) is 108 Å². The van der Waals surface area contributed by atoms with Crippen LogP contribution in [0.4, 0.5) is 37.9 Å². The minimum absolute atomic E-state index is 0.0933. The van der Waals surface area contributed by atoms with Crippen LogP contribution in [0.5, 0.6) is 0 Å². The number of ether oxygens (including phenoxy) is 3. The highest BCUT2D eigenvalue weighted by Gasteiger charge is 2.32. The zero-order valence-corrected chi connectivity index (χ0v) is 60.5. The molecular formula is C79H69Cl6N11O6. The number of amides is 3. The van der Waals surface area contributed by atoms with E-state index < -0.39 is 18.3 Å². The normalized spacial score (nSPS) is 14.2. The second-order valence-electron chi connectivity index (χ2n) is 24.9. The molecule has 102 heavy (non-hydrogen) atoms. The summed E-state index contributed by atoms with van der Waals surface area (Å²) in [5.74, 6) is 1.19. The predicted octanol–water partition coefficient (Wildman–Crippen LogP) is 20.2. The molecule has 3 aliphatic rings. The summed E-state index contributed by atoms with van der Waals surface area (Å²) in [6.45, 7) is 10.3. The number of nitrogens with zero attached hydrogens (tertiary/aromatic N) is 8. The van der Waals surface area contributed by atoms with Crippen molar-refractivity contribution in [3.8, 4) is 33.8 Å².